The molecule has 1 saturated carbocycles. The molecule has 1 aromatic rings. The molecule has 1 aromatic heterocycles. The summed E-state index contributed by atoms with van der Waals surface area (Å²) in [7, 11) is 0. The Hall–Kier alpha value is -1.40. The summed E-state index contributed by atoms with van der Waals surface area (Å²) in [5.41, 5.74) is 0. The summed E-state index contributed by atoms with van der Waals surface area (Å²) in [6, 6.07) is 3.88. The topological polar surface area (TPSA) is 50.7 Å². The molecule has 0 bridgehead atoms. The number of rotatable bonds is 7. The second kappa shape index (κ2) is 7.04. The summed E-state index contributed by atoms with van der Waals surface area (Å²) in [5.74, 6) is 1.53. The first-order valence-electron chi connectivity index (χ1n) is 7.90. The normalized spacial score (nSPS) is 19.8. The van der Waals surface area contributed by atoms with Gasteiger partial charge >= 0.3 is 0 Å². The van der Waals surface area contributed by atoms with Crippen molar-refractivity contribution < 1.29 is 9.47 Å². The van der Waals surface area contributed by atoms with E-state index >= 15 is 0 Å². The maximum atomic E-state index is 5.71. The van der Waals surface area contributed by atoms with Crippen LogP contribution in [0, 0.1) is 0 Å². The van der Waals surface area contributed by atoms with Gasteiger partial charge in [0.1, 0.15) is 0 Å². The standard InChI is InChI=1S/C15H24N4O2/c1-2-20-15-6-5-14(16-17-15)19-9-7-18(8-10-19)11-12-21-13-3-4-13/h5-6,13H,2-4,7-12H2,1H3. The van der Waals surface area contributed by atoms with Crippen molar-refractivity contribution in [2.24, 2.45) is 0 Å². The van der Waals surface area contributed by atoms with Gasteiger partial charge in [-0.3, -0.25) is 4.90 Å². The number of hydrogen-bond acceptors (Lipinski definition) is 6. The Morgan fingerprint density at radius 1 is 1.14 bits per heavy atom. The lowest BCUT2D eigenvalue weighted by Crippen LogP contribution is -2.47. The molecule has 21 heavy (non-hydrogen) atoms. The second-order valence-corrected chi connectivity index (χ2v) is 5.56. The Kier molecular flexibility index (Phi) is 4.87. The third-order valence-electron chi connectivity index (χ3n) is 3.90. The summed E-state index contributed by atoms with van der Waals surface area (Å²) in [4.78, 5) is 4.74. The Morgan fingerprint density at radius 2 is 1.95 bits per heavy atom. The summed E-state index contributed by atoms with van der Waals surface area (Å²) in [6.45, 7) is 8.58. The van der Waals surface area contributed by atoms with Crippen molar-refractivity contribution in [1.82, 2.24) is 15.1 Å². The molecule has 6 nitrogen and oxygen atoms in total. The van der Waals surface area contributed by atoms with E-state index in [1.165, 1.54) is 12.8 Å². The third kappa shape index (κ3) is 4.28. The van der Waals surface area contributed by atoms with Gasteiger partial charge in [0.05, 0.1) is 19.3 Å². The minimum absolute atomic E-state index is 0.561. The highest BCUT2D eigenvalue weighted by Crippen LogP contribution is 2.23. The fourth-order valence-electron chi connectivity index (χ4n) is 2.49. The Balaban J connectivity index is 1.41. The molecule has 0 amide bonds. The minimum atomic E-state index is 0.561. The fraction of sp³-hybridized carbons (Fsp3) is 0.733. The van der Waals surface area contributed by atoms with E-state index in [1.807, 2.05) is 19.1 Å². The largest absolute Gasteiger partial charge is 0.477 e. The Bertz CT molecular complexity index is 428. The number of piperazine rings is 1. The van der Waals surface area contributed by atoms with Crippen molar-refractivity contribution in [2.75, 3.05) is 50.8 Å². The molecular weight excluding hydrogens is 268 g/mol. The van der Waals surface area contributed by atoms with Crippen LogP contribution in [-0.4, -0.2) is 67.1 Å². The van der Waals surface area contributed by atoms with Gasteiger partial charge in [-0.1, -0.05) is 0 Å². The number of anilines is 1. The van der Waals surface area contributed by atoms with Gasteiger partial charge in [-0.25, -0.2) is 0 Å². The average Bonchev–Trinajstić information content (AvgIpc) is 3.34. The van der Waals surface area contributed by atoms with Crippen LogP contribution in [0.4, 0.5) is 5.82 Å². The van der Waals surface area contributed by atoms with Crippen molar-refractivity contribution in [3.05, 3.63) is 12.1 Å². The van der Waals surface area contributed by atoms with Gasteiger partial charge in [0.15, 0.2) is 5.82 Å². The van der Waals surface area contributed by atoms with Crippen molar-refractivity contribution in [3.63, 3.8) is 0 Å². The Labute approximate surface area is 126 Å². The molecule has 0 atom stereocenters. The predicted octanol–water partition coefficient (Wildman–Crippen LogP) is 1.18. The molecule has 2 heterocycles. The SMILES string of the molecule is CCOc1ccc(N2CCN(CCOC3CC3)CC2)nn1. The number of aromatic nitrogens is 2. The highest BCUT2D eigenvalue weighted by atomic mass is 16.5. The molecule has 6 heteroatoms. The molecule has 1 saturated heterocycles. The van der Waals surface area contributed by atoms with Crippen LogP contribution in [0.1, 0.15) is 19.8 Å². The van der Waals surface area contributed by atoms with Gasteiger partial charge in [0, 0.05) is 38.8 Å². The maximum absolute atomic E-state index is 5.71. The average molecular weight is 292 g/mol. The molecular formula is C15H24N4O2. The van der Waals surface area contributed by atoms with E-state index in [4.69, 9.17) is 9.47 Å². The first-order valence-corrected chi connectivity index (χ1v) is 7.90. The lowest BCUT2D eigenvalue weighted by Gasteiger charge is -2.35. The summed E-state index contributed by atoms with van der Waals surface area (Å²) < 4.78 is 11.0. The van der Waals surface area contributed by atoms with Crippen LogP contribution in [0.5, 0.6) is 5.88 Å². The quantitative estimate of drug-likeness (QED) is 0.752. The van der Waals surface area contributed by atoms with Crippen molar-refractivity contribution in [2.45, 2.75) is 25.9 Å². The highest BCUT2D eigenvalue weighted by molar-refractivity contribution is 5.38. The van der Waals surface area contributed by atoms with Crippen molar-refractivity contribution >= 4 is 5.82 Å². The van der Waals surface area contributed by atoms with E-state index in [2.05, 4.69) is 20.0 Å². The molecule has 0 radical (unpaired) electrons. The molecule has 1 aliphatic carbocycles. The Morgan fingerprint density at radius 3 is 2.57 bits per heavy atom. The number of hydrogen-bond donors (Lipinski definition) is 0. The van der Waals surface area contributed by atoms with Crippen LogP contribution in [0.3, 0.4) is 0 Å². The zero-order valence-corrected chi connectivity index (χ0v) is 12.7. The molecule has 0 spiro atoms. The summed E-state index contributed by atoms with van der Waals surface area (Å²) in [5, 5.41) is 8.34. The third-order valence-corrected chi connectivity index (χ3v) is 3.90. The molecule has 3 rings (SSSR count). The van der Waals surface area contributed by atoms with Gasteiger partial charge in [-0.2, -0.15) is 0 Å². The molecule has 0 aromatic carbocycles. The minimum Gasteiger partial charge on any atom is -0.477 e. The first kappa shape index (κ1) is 14.5. The lowest BCUT2D eigenvalue weighted by atomic mass is 10.3. The van der Waals surface area contributed by atoms with Crippen molar-refractivity contribution in [3.8, 4) is 5.88 Å². The summed E-state index contributed by atoms with van der Waals surface area (Å²) in [6.07, 6.45) is 3.07. The molecule has 2 fully saturated rings. The first-order chi connectivity index (χ1) is 10.3. The van der Waals surface area contributed by atoms with Gasteiger partial charge in [0.25, 0.3) is 0 Å². The van der Waals surface area contributed by atoms with Crippen LogP contribution in [0.15, 0.2) is 12.1 Å². The molecule has 2 aliphatic rings. The van der Waals surface area contributed by atoms with Crippen molar-refractivity contribution in [1.29, 1.82) is 0 Å². The van der Waals surface area contributed by atoms with Crippen LogP contribution in [0.2, 0.25) is 0 Å². The van der Waals surface area contributed by atoms with Gasteiger partial charge in [-0.05, 0) is 25.8 Å². The number of nitrogens with zero attached hydrogens (tertiary/aromatic N) is 4. The lowest BCUT2D eigenvalue weighted by molar-refractivity contribution is 0.0899. The zero-order valence-electron chi connectivity index (χ0n) is 12.7. The van der Waals surface area contributed by atoms with E-state index in [9.17, 15) is 0 Å². The van der Waals surface area contributed by atoms with E-state index in [0.29, 0.717) is 18.6 Å². The molecule has 0 N–H and O–H groups in total. The molecule has 0 unspecified atom stereocenters. The molecule has 1 aliphatic heterocycles. The van der Waals surface area contributed by atoms with Crippen LogP contribution < -0.4 is 9.64 Å². The van der Waals surface area contributed by atoms with Gasteiger partial charge < -0.3 is 14.4 Å². The van der Waals surface area contributed by atoms with Crippen LogP contribution >= 0.6 is 0 Å². The second-order valence-electron chi connectivity index (χ2n) is 5.56. The van der Waals surface area contributed by atoms with E-state index in [1.54, 1.807) is 0 Å². The fourth-order valence-corrected chi connectivity index (χ4v) is 2.49. The highest BCUT2D eigenvalue weighted by Gasteiger charge is 2.23. The van der Waals surface area contributed by atoms with Crippen LogP contribution in [0.25, 0.3) is 0 Å². The monoisotopic (exact) mass is 292 g/mol. The van der Waals surface area contributed by atoms with Crippen LogP contribution in [-0.2, 0) is 4.74 Å². The van der Waals surface area contributed by atoms with Gasteiger partial charge in [-0.15, -0.1) is 10.2 Å². The van der Waals surface area contributed by atoms with E-state index in [0.717, 1.165) is 45.1 Å². The maximum Gasteiger partial charge on any atom is 0.233 e. The van der Waals surface area contributed by atoms with Gasteiger partial charge in [0.2, 0.25) is 5.88 Å². The summed E-state index contributed by atoms with van der Waals surface area (Å²) >= 11 is 0. The molecule has 116 valence electrons. The predicted molar refractivity (Wildman–Crippen MR) is 80.8 cm³/mol. The smallest absolute Gasteiger partial charge is 0.233 e. The zero-order chi connectivity index (χ0) is 14.5. The number of ether oxygens (including phenoxy) is 2. The van der Waals surface area contributed by atoms with E-state index in [-0.39, 0.29) is 0 Å². The van der Waals surface area contributed by atoms with E-state index < -0.39 is 0 Å².